The highest BCUT2D eigenvalue weighted by molar-refractivity contribution is 7.83. The molecule has 328 valence electrons. The molecule has 0 spiro atoms. The van der Waals surface area contributed by atoms with Crippen LogP contribution in [0.2, 0.25) is 0 Å². The number of aryl methyl sites for hydroxylation is 2. The van der Waals surface area contributed by atoms with Crippen molar-refractivity contribution in [3.05, 3.63) is 108 Å². The van der Waals surface area contributed by atoms with Crippen LogP contribution in [-0.4, -0.2) is 41.7 Å². The summed E-state index contributed by atoms with van der Waals surface area (Å²) in [6, 6.07) is 34.8. The Bertz CT molecular complexity index is 2610. The number of hydrogen-bond acceptors (Lipinski definition) is 3. The third-order valence-corrected chi connectivity index (χ3v) is 22.7. The highest BCUT2D eigenvalue weighted by Gasteiger charge is 2.62. The molecule has 1 N–H and O–H groups in total. The maximum absolute atomic E-state index is 12.8. The molecule has 4 heteroatoms. The van der Waals surface area contributed by atoms with E-state index in [-0.39, 0.29) is 10.8 Å². The van der Waals surface area contributed by atoms with Crippen LogP contribution in [0.25, 0.3) is 44.8 Å². The van der Waals surface area contributed by atoms with E-state index in [0.29, 0.717) is 27.9 Å². The van der Waals surface area contributed by atoms with Crippen LogP contribution >= 0.6 is 7.26 Å². The van der Waals surface area contributed by atoms with Crippen molar-refractivity contribution in [2.75, 3.05) is 36.5 Å². The topological polar surface area (TPSA) is 36.4 Å². The molecule has 4 aliphatic carbocycles. The molecular weight excluding hydrogens is 784 g/mol. The van der Waals surface area contributed by atoms with Gasteiger partial charge in [-0.2, -0.15) is 0 Å². The molecule has 5 unspecified atom stereocenters. The van der Waals surface area contributed by atoms with Crippen molar-refractivity contribution in [1.82, 2.24) is 4.98 Å². The van der Waals surface area contributed by atoms with Crippen molar-refractivity contribution in [3.63, 3.8) is 0 Å². The van der Waals surface area contributed by atoms with E-state index in [1.807, 2.05) is 0 Å². The van der Waals surface area contributed by atoms with Crippen LogP contribution < -0.4 is 10.2 Å². The first-order valence-electron chi connectivity index (χ1n) is 24.7. The van der Waals surface area contributed by atoms with Crippen molar-refractivity contribution in [2.45, 2.75) is 125 Å². The summed E-state index contributed by atoms with van der Waals surface area (Å²) < 4.78 is 0. The van der Waals surface area contributed by atoms with Crippen molar-refractivity contribution < 1.29 is 5.11 Å². The molecule has 4 saturated carbocycles. The number of pyridine rings is 1. The summed E-state index contributed by atoms with van der Waals surface area (Å²) in [5.41, 5.74) is 16.1. The molecule has 5 aromatic rings. The number of rotatable bonds is 7. The summed E-state index contributed by atoms with van der Waals surface area (Å²) in [6.07, 6.45) is 17.0. The summed E-state index contributed by atoms with van der Waals surface area (Å²) in [5.74, 6) is 2.05. The van der Waals surface area contributed by atoms with Gasteiger partial charge >= 0.3 is 0 Å². The van der Waals surface area contributed by atoms with Gasteiger partial charge in [0.1, 0.15) is 5.30 Å². The van der Waals surface area contributed by atoms with E-state index < -0.39 is 7.26 Å². The Hall–Kier alpha value is -3.94. The van der Waals surface area contributed by atoms with Gasteiger partial charge in [-0.3, -0.25) is 0 Å². The van der Waals surface area contributed by atoms with Crippen molar-refractivity contribution in [1.29, 1.82) is 0 Å². The van der Waals surface area contributed by atoms with Crippen molar-refractivity contribution >= 4 is 18.3 Å². The van der Waals surface area contributed by atoms with E-state index in [0.717, 1.165) is 47.1 Å². The molecule has 6 bridgehead atoms. The Labute approximate surface area is 379 Å². The normalized spacial score (nSPS) is 32.9. The summed E-state index contributed by atoms with van der Waals surface area (Å²) in [6.45, 7) is 21.9. The Morgan fingerprint density at radius 2 is 1.24 bits per heavy atom. The smallest absolute Gasteiger partial charge is 0.165 e. The highest BCUT2D eigenvalue weighted by atomic mass is 31.2. The zero-order chi connectivity index (χ0) is 43.7. The van der Waals surface area contributed by atoms with E-state index in [2.05, 4.69) is 151 Å². The monoisotopic (exact) mass is 856 g/mol. The lowest BCUT2D eigenvalue weighted by molar-refractivity contribution is -0.110. The number of phenolic OH excluding ortho intramolecular Hbond substituents is 1. The van der Waals surface area contributed by atoms with Gasteiger partial charge in [-0.1, -0.05) is 114 Å². The van der Waals surface area contributed by atoms with E-state index in [4.69, 9.17) is 4.98 Å². The standard InChI is InChI=1S/C59H71N2OP/c1-39-21-43(25-44(22-39)59-31-42-29-56(6,35-59)34-57(7,30-42)36-59)46-15-9-11-17-48(46)51-26-45(61-19-13-14-20-61)27-52(60-51)49-18-12-10-16-47(49)50-23-40(2)24-53(54(50)62)63-32-41(3)28-58(8,38-63)33-55(4,5)37-63/h9-12,15-18,21-27,41-42H,13-14,19-20,28-38H2,1-8H3/p+1. The van der Waals surface area contributed by atoms with Crippen LogP contribution in [-0.2, 0) is 5.41 Å². The van der Waals surface area contributed by atoms with Gasteiger partial charge in [-0.15, -0.1) is 0 Å². The fraction of sp³-hybridized carbons (Fsp3) is 0.508. The average Bonchev–Trinajstić information content (AvgIpc) is 3.74. The predicted molar refractivity (Wildman–Crippen MR) is 269 cm³/mol. The zero-order valence-corrected chi connectivity index (χ0v) is 40.6. The van der Waals surface area contributed by atoms with Gasteiger partial charge in [0.2, 0.25) is 0 Å². The van der Waals surface area contributed by atoms with Crippen LogP contribution in [0.5, 0.6) is 5.75 Å². The molecule has 7 aliphatic rings. The number of anilines is 1. The van der Waals surface area contributed by atoms with E-state index in [9.17, 15) is 5.11 Å². The van der Waals surface area contributed by atoms with E-state index >= 15 is 0 Å². The molecule has 4 aromatic carbocycles. The lowest BCUT2D eigenvalue weighted by Crippen LogP contribution is -2.56. The summed E-state index contributed by atoms with van der Waals surface area (Å²) >= 11 is 0. The largest absolute Gasteiger partial charge is 0.504 e. The number of benzene rings is 4. The van der Waals surface area contributed by atoms with Crippen LogP contribution in [0.4, 0.5) is 5.69 Å². The molecule has 3 saturated heterocycles. The Balaban J connectivity index is 1.04. The molecule has 3 aliphatic heterocycles. The van der Waals surface area contributed by atoms with Crippen LogP contribution in [0.1, 0.15) is 122 Å². The summed E-state index contributed by atoms with van der Waals surface area (Å²) in [5, 5.41) is 14.1. The summed E-state index contributed by atoms with van der Waals surface area (Å²) in [4.78, 5) is 8.25. The molecule has 4 heterocycles. The van der Waals surface area contributed by atoms with Gasteiger partial charge in [0, 0.05) is 40.9 Å². The van der Waals surface area contributed by atoms with Gasteiger partial charge in [0.25, 0.3) is 0 Å². The number of aromatic hydroxyl groups is 1. The van der Waals surface area contributed by atoms with Gasteiger partial charge in [-0.25, -0.2) is 4.98 Å². The molecule has 3 nitrogen and oxygen atoms in total. The van der Waals surface area contributed by atoms with E-state index in [1.54, 1.807) is 5.56 Å². The first-order chi connectivity index (χ1) is 29.9. The predicted octanol–water partition coefficient (Wildman–Crippen LogP) is 15.0. The molecule has 0 radical (unpaired) electrons. The number of phenols is 1. The molecule has 7 fully saturated rings. The second-order valence-corrected chi connectivity index (χ2v) is 28.4. The molecule has 5 atom stereocenters. The number of fused-ring (bicyclic) bond motifs is 2. The number of aromatic nitrogens is 1. The van der Waals surface area contributed by atoms with Crippen LogP contribution in [0.15, 0.2) is 91.0 Å². The maximum Gasteiger partial charge on any atom is 0.165 e. The van der Waals surface area contributed by atoms with Gasteiger partial charge in [0.15, 0.2) is 5.75 Å². The molecular formula is C59H72N2OP+. The van der Waals surface area contributed by atoms with E-state index in [1.165, 1.54) is 122 Å². The van der Waals surface area contributed by atoms with Crippen molar-refractivity contribution in [3.8, 4) is 50.5 Å². The fourth-order valence-corrected chi connectivity index (χ4v) is 23.8. The second kappa shape index (κ2) is 14.5. The second-order valence-electron chi connectivity index (χ2n) is 24.7. The lowest BCUT2D eigenvalue weighted by atomic mass is 9.39. The first kappa shape index (κ1) is 41.7. The van der Waals surface area contributed by atoms with Crippen molar-refractivity contribution in [2.24, 2.45) is 33.5 Å². The highest BCUT2D eigenvalue weighted by Crippen LogP contribution is 2.75. The van der Waals surface area contributed by atoms with Crippen LogP contribution in [0.3, 0.4) is 0 Å². The number of hydrogen-bond donors (Lipinski definition) is 1. The van der Waals surface area contributed by atoms with Gasteiger partial charge < -0.3 is 10.0 Å². The maximum atomic E-state index is 12.8. The molecule has 63 heavy (non-hydrogen) atoms. The Kier molecular flexibility index (Phi) is 9.63. The van der Waals surface area contributed by atoms with Crippen LogP contribution in [0, 0.1) is 47.3 Å². The third-order valence-electron chi connectivity index (χ3n) is 17.2. The first-order valence-corrected chi connectivity index (χ1v) is 27.1. The quantitative estimate of drug-likeness (QED) is 0.166. The Morgan fingerprint density at radius 3 is 1.90 bits per heavy atom. The fourth-order valence-electron chi connectivity index (χ4n) is 17.1. The summed E-state index contributed by atoms with van der Waals surface area (Å²) in [7, 11) is -1.64. The third kappa shape index (κ3) is 7.30. The SMILES string of the molecule is Cc1cc(-c2ccccc2-c2cc(N3CCCC3)cc(-c3ccccc3-c3cc(C)cc([P+]45CC(C)CC(C)(CC(C)(C)C4)C5)c3O)n2)cc(C23CC4CC(C)(CC(C)(C4)C2)C3)c1. The minimum absolute atomic E-state index is 0.271. The average molecular weight is 856 g/mol. The molecule has 0 amide bonds. The lowest BCUT2D eigenvalue weighted by Gasteiger charge is -2.65. The Morgan fingerprint density at radius 1 is 0.619 bits per heavy atom. The minimum Gasteiger partial charge on any atom is -0.504 e. The molecule has 12 rings (SSSR count). The zero-order valence-electron chi connectivity index (χ0n) is 39.7. The number of nitrogens with zero attached hydrogens (tertiary/aromatic N) is 2. The minimum atomic E-state index is -1.64. The van der Waals surface area contributed by atoms with Gasteiger partial charge in [-0.05, 0) is 164 Å². The van der Waals surface area contributed by atoms with Gasteiger partial charge in [0.05, 0.1) is 37.1 Å². The molecule has 1 aromatic heterocycles.